The van der Waals surface area contributed by atoms with Gasteiger partial charge in [0.15, 0.2) is 0 Å². The van der Waals surface area contributed by atoms with E-state index < -0.39 is 24.0 Å². The van der Waals surface area contributed by atoms with Crippen molar-refractivity contribution >= 4 is 23.0 Å². The number of hydrogen-bond acceptors (Lipinski definition) is 3. The molecule has 0 radical (unpaired) electrons. The van der Waals surface area contributed by atoms with Crippen molar-refractivity contribution in [2.75, 3.05) is 10.2 Å². The van der Waals surface area contributed by atoms with E-state index in [0.717, 1.165) is 0 Å². The highest BCUT2D eigenvalue weighted by Gasteiger charge is 2.73. The van der Waals surface area contributed by atoms with Crippen molar-refractivity contribution < 1.29 is 18.3 Å². The van der Waals surface area contributed by atoms with E-state index in [9.17, 15) is 18.3 Å². The number of para-hydroxylation sites is 2. The number of benzene rings is 2. The van der Waals surface area contributed by atoms with Gasteiger partial charge in [0.25, 0.3) is 5.72 Å². The molecule has 0 aromatic heterocycles. The molecule has 0 spiro atoms. The lowest BCUT2D eigenvalue weighted by atomic mass is 10.0. The van der Waals surface area contributed by atoms with Crippen molar-refractivity contribution in [2.45, 2.75) is 24.0 Å². The van der Waals surface area contributed by atoms with Crippen LogP contribution < -0.4 is 10.2 Å². The van der Waals surface area contributed by atoms with Crippen LogP contribution in [0.4, 0.5) is 24.5 Å². The normalized spacial score (nSPS) is 28.7. The first kappa shape index (κ1) is 14.7. The molecule has 2 aliphatic heterocycles. The smallest absolute Gasteiger partial charge is 0.362 e. The fourth-order valence-corrected chi connectivity index (χ4v) is 3.41. The van der Waals surface area contributed by atoms with Crippen molar-refractivity contribution in [3.05, 3.63) is 59.1 Å². The zero-order valence-electron chi connectivity index (χ0n) is 11.7. The van der Waals surface area contributed by atoms with Gasteiger partial charge in [-0.3, -0.25) is 0 Å². The number of anilines is 2. The summed E-state index contributed by atoms with van der Waals surface area (Å²) in [6.07, 6.45) is -4.80. The second-order valence-electron chi connectivity index (χ2n) is 5.75. The molecule has 4 rings (SSSR count). The molecule has 23 heavy (non-hydrogen) atoms. The molecule has 2 N–H and O–H groups in total. The van der Waals surface area contributed by atoms with Crippen LogP contribution in [0.25, 0.3) is 0 Å². The van der Waals surface area contributed by atoms with Gasteiger partial charge in [-0.15, -0.1) is 0 Å². The van der Waals surface area contributed by atoms with Gasteiger partial charge < -0.3 is 15.3 Å². The Hall–Kier alpha value is -1.92. The highest BCUT2D eigenvalue weighted by molar-refractivity contribution is 6.30. The summed E-state index contributed by atoms with van der Waals surface area (Å²) in [5.74, 6) is 0. The average molecular weight is 341 g/mol. The molecule has 0 bridgehead atoms. The first-order chi connectivity index (χ1) is 10.8. The maximum atomic E-state index is 13.5. The lowest BCUT2D eigenvalue weighted by Gasteiger charge is -2.36. The molecule has 1 fully saturated rings. The fourth-order valence-electron chi connectivity index (χ4n) is 3.29. The van der Waals surface area contributed by atoms with E-state index in [0.29, 0.717) is 16.3 Å². The molecule has 0 unspecified atom stereocenters. The SMILES string of the molecule is O[C@]1(C(F)(F)F)Nc2ccccc2N2[C@@H](c3ccc(Cl)cc3)[C@@H]21. The third kappa shape index (κ3) is 2.01. The van der Waals surface area contributed by atoms with Gasteiger partial charge in [0.2, 0.25) is 0 Å². The van der Waals surface area contributed by atoms with Gasteiger partial charge in [-0.25, -0.2) is 0 Å². The highest BCUT2D eigenvalue weighted by Crippen LogP contribution is 2.60. The van der Waals surface area contributed by atoms with Crippen LogP contribution in [-0.2, 0) is 0 Å². The van der Waals surface area contributed by atoms with Crippen LogP contribution in [0.2, 0.25) is 5.02 Å². The zero-order chi connectivity index (χ0) is 16.4. The number of alkyl halides is 3. The van der Waals surface area contributed by atoms with Crippen molar-refractivity contribution in [1.82, 2.24) is 0 Å². The quantitative estimate of drug-likeness (QED) is 0.772. The Morgan fingerprint density at radius 1 is 1.09 bits per heavy atom. The molecule has 2 aliphatic rings. The Balaban J connectivity index is 1.82. The lowest BCUT2D eigenvalue weighted by molar-refractivity contribution is -0.248. The number of nitrogens with zero attached hydrogens (tertiary/aromatic N) is 1. The van der Waals surface area contributed by atoms with Crippen LogP contribution in [0.3, 0.4) is 0 Å². The summed E-state index contributed by atoms with van der Waals surface area (Å²) in [5.41, 5.74) is -1.40. The molecule has 7 heteroatoms. The molecular formula is C16H12ClF3N2O. The van der Waals surface area contributed by atoms with Crippen LogP contribution in [0.15, 0.2) is 48.5 Å². The second-order valence-corrected chi connectivity index (χ2v) is 6.19. The fraction of sp³-hybridized carbons (Fsp3) is 0.250. The Morgan fingerprint density at radius 2 is 1.74 bits per heavy atom. The predicted molar refractivity (Wildman–Crippen MR) is 81.5 cm³/mol. The minimum absolute atomic E-state index is 0.264. The maximum Gasteiger partial charge on any atom is 0.438 e. The summed E-state index contributed by atoms with van der Waals surface area (Å²) in [6, 6.07) is 11.6. The predicted octanol–water partition coefficient (Wildman–Crippen LogP) is 3.95. The molecule has 3 atom stereocenters. The third-order valence-corrected chi connectivity index (χ3v) is 4.64. The van der Waals surface area contributed by atoms with E-state index in [2.05, 4.69) is 5.32 Å². The first-order valence-corrected chi connectivity index (χ1v) is 7.41. The summed E-state index contributed by atoms with van der Waals surface area (Å²) in [6.45, 7) is 0. The van der Waals surface area contributed by atoms with E-state index in [4.69, 9.17) is 11.6 Å². The first-order valence-electron chi connectivity index (χ1n) is 7.03. The summed E-state index contributed by atoms with van der Waals surface area (Å²) >= 11 is 5.84. The summed E-state index contributed by atoms with van der Waals surface area (Å²) in [5, 5.41) is 13.1. The zero-order valence-corrected chi connectivity index (χ0v) is 12.4. The molecule has 120 valence electrons. The molecule has 0 amide bonds. The average Bonchev–Trinajstić information content (AvgIpc) is 3.24. The van der Waals surface area contributed by atoms with Crippen LogP contribution >= 0.6 is 11.6 Å². The molecular weight excluding hydrogens is 329 g/mol. The molecule has 2 aromatic carbocycles. The summed E-state index contributed by atoms with van der Waals surface area (Å²) in [4.78, 5) is 1.59. The molecule has 2 heterocycles. The Labute approximate surface area is 135 Å². The number of hydrogen-bond donors (Lipinski definition) is 2. The van der Waals surface area contributed by atoms with E-state index in [1.165, 1.54) is 6.07 Å². The molecule has 1 saturated heterocycles. The van der Waals surface area contributed by atoms with Gasteiger partial charge in [-0.05, 0) is 29.8 Å². The van der Waals surface area contributed by atoms with E-state index in [1.807, 2.05) is 0 Å². The number of rotatable bonds is 1. The third-order valence-electron chi connectivity index (χ3n) is 4.39. The number of nitrogens with one attached hydrogen (secondary N) is 1. The summed E-state index contributed by atoms with van der Waals surface area (Å²) < 4.78 is 40.5. The van der Waals surface area contributed by atoms with Gasteiger partial charge in [0.1, 0.15) is 6.04 Å². The highest BCUT2D eigenvalue weighted by atomic mass is 35.5. The largest absolute Gasteiger partial charge is 0.438 e. The Morgan fingerprint density at radius 3 is 2.39 bits per heavy atom. The van der Waals surface area contributed by atoms with Crippen LogP contribution in [0.1, 0.15) is 11.6 Å². The van der Waals surface area contributed by atoms with E-state index in [1.54, 1.807) is 47.4 Å². The van der Waals surface area contributed by atoms with Gasteiger partial charge in [0, 0.05) is 5.02 Å². The topological polar surface area (TPSA) is 35.3 Å². The van der Waals surface area contributed by atoms with Gasteiger partial charge in [-0.1, -0.05) is 35.9 Å². The van der Waals surface area contributed by atoms with Gasteiger partial charge >= 0.3 is 6.18 Å². The lowest BCUT2D eigenvalue weighted by Crippen LogP contribution is -2.59. The van der Waals surface area contributed by atoms with Gasteiger partial charge in [0.05, 0.1) is 17.4 Å². The Bertz CT molecular complexity index is 765. The number of fused-ring (bicyclic) bond motifs is 3. The number of aliphatic hydroxyl groups is 1. The van der Waals surface area contributed by atoms with E-state index in [-0.39, 0.29) is 5.69 Å². The van der Waals surface area contributed by atoms with Crippen molar-refractivity contribution in [2.24, 2.45) is 0 Å². The number of halogens is 4. The Kier molecular flexibility index (Phi) is 2.90. The van der Waals surface area contributed by atoms with Gasteiger partial charge in [-0.2, -0.15) is 13.2 Å². The molecule has 2 aromatic rings. The summed E-state index contributed by atoms with van der Waals surface area (Å²) in [7, 11) is 0. The van der Waals surface area contributed by atoms with Crippen molar-refractivity contribution in [3.63, 3.8) is 0 Å². The minimum atomic E-state index is -4.80. The maximum absolute atomic E-state index is 13.5. The van der Waals surface area contributed by atoms with Crippen molar-refractivity contribution in [3.8, 4) is 0 Å². The van der Waals surface area contributed by atoms with Crippen LogP contribution in [0.5, 0.6) is 0 Å². The van der Waals surface area contributed by atoms with Crippen LogP contribution in [-0.4, -0.2) is 23.0 Å². The molecule has 0 saturated carbocycles. The van der Waals surface area contributed by atoms with E-state index >= 15 is 0 Å². The molecule has 3 nitrogen and oxygen atoms in total. The molecule has 0 aliphatic carbocycles. The van der Waals surface area contributed by atoms with Crippen LogP contribution in [0, 0.1) is 0 Å². The second kappa shape index (κ2) is 4.55. The standard InChI is InChI=1S/C16H12ClF3N2O/c17-10-7-5-9(6-8-10)13-14-15(23,16(18,19)20)21-11-3-1-2-4-12(11)22(13)14/h1-8,13-14,21,23H/t13-,14+,15+,22?/m0/s1. The minimum Gasteiger partial charge on any atom is -0.362 e. The van der Waals surface area contributed by atoms with Crippen molar-refractivity contribution in [1.29, 1.82) is 0 Å². The monoisotopic (exact) mass is 340 g/mol.